The van der Waals surface area contributed by atoms with Crippen molar-refractivity contribution in [2.45, 2.75) is 12.6 Å². The Hall–Kier alpha value is -1.46. The summed E-state index contributed by atoms with van der Waals surface area (Å²) in [5.41, 5.74) is 1.54. The minimum absolute atomic E-state index is 0.0401. The molecular formula is C16H9Cl4NO3. The van der Waals surface area contributed by atoms with Gasteiger partial charge in [0.05, 0.1) is 20.1 Å². The molecule has 0 aliphatic carbocycles. The van der Waals surface area contributed by atoms with E-state index in [1.54, 1.807) is 17.0 Å². The van der Waals surface area contributed by atoms with E-state index in [1.165, 1.54) is 12.1 Å². The smallest absolute Gasteiger partial charge is 0.222 e. The molecule has 1 heterocycles. The molecular weight excluding hydrogens is 396 g/mol. The van der Waals surface area contributed by atoms with Crippen molar-refractivity contribution in [2.75, 3.05) is 4.90 Å². The van der Waals surface area contributed by atoms with Gasteiger partial charge in [0, 0.05) is 17.8 Å². The maximum atomic E-state index is 12.3. The van der Waals surface area contributed by atoms with Crippen LogP contribution in [0.5, 0.6) is 5.75 Å². The highest BCUT2D eigenvalue weighted by Gasteiger charge is 2.40. The lowest BCUT2D eigenvalue weighted by Crippen LogP contribution is -2.29. The predicted molar refractivity (Wildman–Crippen MR) is 94.6 cm³/mol. The number of carbonyl (C=O) groups excluding carboxylic acids is 2. The van der Waals surface area contributed by atoms with Gasteiger partial charge in [-0.3, -0.25) is 9.59 Å². The first-order valence-corrected chi connectivity index (χ1v) is 8.27. The van der Waals surface area contributed by atoms with Gasteiger partial charge in [-0.15, -0.1) is 0 Å². The van der Waals surface area contributed by atoms with Gasteiger partial charge >= 0.3 is 0 Å². The Balaban J connectivity index is 2.22. The van der Waals surface area contributed by atoms with Crippen molar-refractivity contribution in [1.82, 2.24) is 0 Å². The van der Waals surface area contributed by atoms with Crippen LogP contribution in [0.4, 0.5) is 5.69 Å². The topological polar surface area (TPSA) is 57.6 Å². The predicted octanol–water partition coefficient (Wildman–Crippen LogP) is 4.84. The van der Waals surface area contributed by atoms with Crippen molar-refractivity contribution < 1.29 is 14.7 Å². The van der Waals surface area contributed by atoms with Gasteiger partial charge in [-0.2, -0.15) is 0 Å². The largest absolute Gasteiger partial charge is 0.508 e. The van der Waals surface area contributed by atoms with Gasteiger partial charge in [-0.1, -0.05) is 46.4 Å². The molecule has 1 unspecified atom stereocenters. The van der Waals surface area contributed by atoms with Crippen LogP contribution in [0.2, 0.25) is 20.1 Å². The molecule has 0 spiro atoms. The van der Waals surface area contributed by atoms with Gasteiger partial charge in [-0.05, 0) is 29.8 Å². The molecule has 0 radical (unpaired) electrons. The van der Waals surface area contributed by atoms with Crippen molar-refractivity contribution in [1.29, 1.82) is 0 Å². The van der Waals surface area contributed by atoms with Gasteiger partial charge in [0.1, 0.15) is 11.8 Å². The van der Waals surface area contributed by atoms with E-state index >= 15 is 0 Å². The average molecular weight is 405 g/mol. The third-order valence-corrected chi connectivity index (χ3v) is 5.74. The number of hydrogen-bond donors (Lipinski definition) is 1. The van der Waals surface area contributed by atoms with Crippen LogP contribution >= 0.6 is 46.4 Å². The number of aldehydes is 1. The number of rotatable bonds is 3. The third kappa shape index (κ3) is 2.64. The SMILES string of the molecule is O=CC(=O)C1c2c(Cl)c(Cl)c(Cl)c(Cl)c2CN1c1ccc(O)cc1. The molecule has 1 N–H and O–H groups in total. The highest BCUT2D eigenvalue weighted by molar-refractivity contribution is 6.52. The van der Waals surface area contributed by atoms with E-state index in [2.05, 4.69) is 0 Å². The van der Waals surface area contributed by atoms with Crippen LogP contribution < -0.4 is 4.90 Å². The molecule has 0 aromatic heterocycles. The Bertz CT molecular complexity index is 852. The number of phenols is 1. The van der Waals surface area contributed by atoms with E-state index in [1.807, 2.05) is 0 Å². The molecule has 2 aromatic carbocycles. The summed E-state index contributed by atoms with van der Waals surface area (Å²) in [4.78, 5) is 25.0. The lowest BCUT2D eigenvalue weighted by molar-refractivity contribution is -0.130. The van der Waals surface area contributed by atoms with Gasteiger partial charge in [0.2, 0.25) is 5.78 Å². The number of anilines is 1. The van der Waals surface area contributed by atoms with Crippen LogP contribution in [0, 0.1) is 0 Å². The number of aromatic hydroxyl groups is 1. The van der Waals surface area contributed by atoms with Gasteiger partial charge in [0.25, 0.3) is 0 Å². The Labute approximate surface area is 157 Å². The van der Waals surface area contributed by atoms with Gasteiger partial charge in [0.15, 0.2) is 6.29 Å². The van der Waals surface area contributed by atoms with Crippen LogP contribution in [0.3, 0.4) is 0 Å². The number of benzene rings is 2. The van der Waals surface area contributed by atoms with Crippen molar-refractivity contribution in [3.8, 4) is 5.75 Å². The number of phenolic OH excluding ortho intramolecular Hbond substituents is 1. The molecule has 0 amide bonds. The highest BCUT2D eigenvalue weighted by Crippen LogP contribution is 2.50. The average Bonchev–Trinajstić information content (AvgIpc) is 2.98. The number of nitrogens with zero attached hydrogens (tertiary/aromatic N) is 1. The number of hydrogen-bond acceptors (Lipinski definition) is 4. The number of carbonyl (C=O) groups is 2. The quantitative estimate of drug-likeness (QED) is 0.344. The summed E-state index contributed by atoms with van der Waals surface area (Å²) >= 11 is 24.7. The second-order valence-corrected chi connectivity index (χ2v) is 6.73. The highest BCUT2D eigenvalue weighted by atomic mass is 35.5. The number of fused-ring (bicyclic) bond motifs is 1. The lowest BCUT2D eigenvalue weighted by Gasteiger charge is -2.25. The summed E-state index contributed by atoms with van der Waals surface area (Å²) in [6.45, 7) is 0.222. The Kier molecular flexibility index (Phi) is 4.67. The summed E-state index contributed by atoms with van der Waals surface area (Å²) in [5, 5.41) is 9.88. The first kappa shape index (κ1) is 17.4. The molecule has 3 rings (SSSR count). The third-order valence-electron chi connectivity index (χ3n) is 3.89. The van der Waals surface area contributed by atoms with Crippen molar-refractivity contribution in [2.24, 2.45) is 0 Å². The summed E-state index contributed by atoms with van der Waals surface area (Å²) in [6.07, 6.45) is 0.236. The fraction of sp³-hybridized carbons (Fsp3) is 0.125. The number of Topliss-reactive ketones (excluding diaryl/α,β-unsaturated/α-hetero) is 1. The maximum Gasteiger partial charge on any atom is 0.222 e. The molecule has 0 saturated heterocycles. The molecule has 1 aliphatic heterocycles. The molecule has 1 atom stereocenters. The molecule has 0 saturated carbocycles. The van der Waals surface area contributed by atoms with E-state index < -0.39 is 11.8 Å². The lowest BCUT2D eigenvalue weighted by atomic mass is 10.0. The number of halogens is 4. The minimum atomic E-state index is -0.957. The van der Waals surface area contributed by atoms with Crippen LogP contribution in [-0.4, -0.2) is 17.2 Å². The molecule has 2 aromatic rings. The fourth-order valence-corrected chi connectivity index (χ4v) is 3.87. The standard InChI is InChI=1S/C16H9Cl4NO3/c17-12-9-5-21(7-1-3-8(23)4-2-7)16(10(24)6-22)11(9)13(18)15(20)14(12)19/h1-4,6,16,23H,5H2. The van der Waals surface area contributed by atoms with Crippen LogP contribution in [-0.2, 0) is 16.1 Å². The van der Waals surface area contributed by atoms with Crippen LogP contribution in [0.1, 0.15) is 17.2 Å². The second-order valence-electron chi connectivity index (χ2n) is 5.22. The minimum Gasteiger partial charge on any atom is -0.508 e. The first-order chi connectivity index (χ1) is 11.4. The van der Waals surface area contributed by atoms with Crippen molar-refractivity contribution in [3.05, 3.63) is 55.5 Å². The zero-order valence-electron chi connectivity index (χ0n) is 11.9. The summed E-state index contributed by atoms with van der Waals surface area (Å²) in [6, 6.07) is 5.24. The fourth-order valence-electron chi connectivity index (χ4n) is 2.80. The molecule has 24 heavy (non-hydrogen) atoms. The molecule has 8 heteroatoms. The van der Waals surface area contributed by atoms with E-state index in [0.717, 1.165) is 0 Å². The van der Waals surface area contributed by atoms with Crippen molar-refractivity contribution >= 4 is 64.2 Å². The maximum absolute atomic E-state index is 12.3. The molecule has 4 nitrogen and oxygen atoms in total. The summed E-state index contributed by atoms with van der Waals surface area (Å²) in [7, 11) is 0. The first-order valence-electron chi connectivity index (χ1n) is 6.76. The molecule has 0 bridgehead atoms. The zero-order valence-corrected chi connectivity index (χ0v) is 14.9. The van der Waals surface area contributed by atoms with Gasteiger partial charge in [-0.25, -0.2) is 0 Å². The van der Waals surface area contributed by atoms with E-state index in [4.69, 9.17) is 46.4 Å². The Morgan fingerprint density at radius 3 is 2.21 bits per heavy atom. The Morgan fingerprint density at radius 1 is 1.04 bits per heavy atom. The summed E-state index contributed by atoms with van der Waals surface area (Å²) in [5.74, 6) is -0.603. The molecule has 1 aliphatic rings. The van der Waals surface area contributed by atoms with Gasteiger partial charge < -0.3 is 10.0 Å². The number of ketones is 1. The molecule has 0 fully saturated rings. The van der Waals surface area contributed by atoms with E-state index in [9.17, 15) is 14.7 Å². The van der Waals surface area contributed by atoms with Crippen LogP contribution in [0.15, 0.2) is 24.3 Å². The zero-order chi connectivity index (χ0) is 17.6. The Morgan fingerprint density at radius 2 is 1.62 bits per heavy atom. The second kappa shape index (κ2) is 6.45. The monoisotopic (exact) mass is 403 g/mol. The van der Waals surface area contributed by atoms with E-state index in [-0.39, 0.29) is 38.7 Å². The molecule has 124 valence electrons. The van der Waals surface area contributed by atoms with E-state index in [0.29, 0.717) is 16.8 Å². The van der Waals surface area contributed by atoms with Crippen molar-refractivity contribution in [3.63, 3.8) is 0 Å². The van der Waals surface area contributed by atoms with Crippen LogP contribution in [0.25, 0.3) is 0 Å². The summed E-state index contributed by atoms with van der Waals surface area (Å²) < 4.78 is 0. The normalized spacial score (nSPS) is 16.2.